The molecule has 0 amide bonds. The van der Waals surface area contributed by atoms with Crippen molar-refractivity contribution in [3.63, 3.8) is 0 Å². The van der Waals surface area contributed by atoms with Crippen LogP contribution >= 0.6 is 11.6 Å². The monoisotopic (exact) mass is 306 g/mol. The Morgan fingerprint density at radius 1 is 1.19 bits per heavy atom. The minimum Gasteiger partial charge on any atom is -0.489 e. The molecule has 1 aliphatic rings. The van der Waals surface area contributed by atoms with E-state index in [-0.39, 0.29) is 17.4 Å². The number of benzene rings is 2. The minimum absolute atomic E-state index is 0.0482. The summed E-state index contributed by atoms with van der Waals surface area (Å²) in [5.41, 5.74) is 0.963. The van der Waals surface area contributed by atoms with E-state index in [0.717, 1.165) is 5.56 Å². The number of rotatable bonds is 4. The van der Waals surface area contributed by atoms with Crippen molar-refractivity contribution in [2.24, 2.45) is 0 Å². The van der Waals surface area contributed by atoms with Crippen molar-refractivity contribution in [2.45, 2.75) is 6.61 Å². The van der Waals surface area contributed by atoms with Crippen LogP contribution in [-0.2, 0) is 6.61 Å². The summed E-state index contributed by atoms with van der Waals surface area (Å²) in [6.07, 6.45) is 0. The molecule has 2 aromatic carbocycles. The first kappa shape index (κ1) is 13.6. The molecule has 1 heterocycles. The Morgan fingerprint density at radius 2 is 2.00 bits per heavy atom. The van der Waals surface area contributed by atoms with Gasteiger partial charge in [-0.05, 0) is 35.9 Å². The van der Waals surface area contributed by atoms with Crippen molar-refractivity contribution in [1.82, 2.24) is 0 Å². The molecule has 0 spiro atoms. The summed E-state index contributed by atoms with van der Waals surface area (Å²) < 4.78 is 16.1. The Bertz CT molecular complexity index is 698. The number of aromatic carboxylic acids is 1. The van der Waals surface area contributed by atoms with E-state index < -0.39 is 5.97 Å². The fourth-order valence-corrected chi connectivity index (χ4v) is 2.21. The largest absolute Gasteiger partial charge is 0.489 e. The highest BCUT2D eigenvalue weighted by atomic mass is 35.5. The Morgan fingerprint density at radius 3 is 2.76 bits per heavy atom. The summed E-state index contributed by atoms with van der Waals surface area (Å²) in [5, 5.41) is 9.05. The summed E-state index contributed by atoms with van der Waals surface area (Å²) in [4.78, 5) is 10.9. The average Bonchev–Trinajstić information content (AvgIpc) is 2.92. The van der Waals surface area contributed by atoms with Crippen LogP contribution in [0.2, 0.25) is 5.02 Å². The average molecular weight is 307 g/mol. The molecule has 2 aromatic rings. The van der Waals surface area contributed by atoms with Gasteiger partial charge >= 0.3 is 5.97 Å². The molecule has 108 valence electrons. The second kappa shape index (κ2) is 5.54. The van der Waals surface area contributed by atoms with Gasteiger partial charge in [0.05, 0.1) is 10.6 Å². The lowest BCUT2D eigenvalue weighted by molar-refractivity contribution is 0.0697. The molecule has 0 saturated carbocycles. The first-order chi connectivity index (χ1) is 10.1. The Labute approximate surface area is 125 Å². The maximum atomic E-state index is 10.9. The number of hydrogen-bond acceptors (Lipinski definition) is 4. The Kier molecular flexibility index (Phi) is 3.58. The lowest BCUT2D eigenvalue weighted by Crippen LogP contribution is -1.99. The lowest BCUT2D eigenvalue weighted by Gasteiger charge is -2.08. The molecule has 1 aliphatic heterocycles. The highest BCUT2D eigenvalue weighted by Crippen LogP contribution is 2.33. The molecule has 0 atom stereocenters. The quantitative estimate of drug-likeness (QED) is 0.938. The SMILES string of the molecule is O=C(O)c1ccc(OCc2ccc3c(c2)OCO3)cc1Cl. The third-order valence-electron chi connectivity index (χ3n) is 3.01. The molecule has 0 unspecified atom stereocenters. The van der Waals surface area contributed by atoms with Gasteiger partial charge in [-0.3, -0.25) is 0 Å². The zero-order valence-electron chi connectivity index (χ0n) is 10.8. The Balaban J connectivity index is 1.70. The number of ether oxygens (including phenoxy) is 3. The second-order valence-electron chi connectivity index (χ2n) is 4.42. The molecule has 0 bridgehead atoms. The molecular weight excluding hydrogens is 296 g/mol. The van der Waals surface area contributed by atoms with Gasteiger partial charge in [0.1, 0.15) is 12.4 Å². The van der Waals surface area contributed by atoms with Gasteiger partial charge in [-0.1, -0.05) is 17.7 Å². The van der Waals surface area contributed by atoms with Gasteiger partial charge in [0, 0.05) is 0 Å². The van der Waals surface area contributed by atoms with Gasteiger partial charge < -0.3 is 19.3 Å². The predicted molar refractivity (Wildman–Crippen MR) is 75.3 cm³/mol. The van der Waals surface area contributed by atoms with Crippen molar-refractivity contribution in [1.29, 1.82) is 0 Å². The number of hydrogen-bond donors (Lipinski definition) is 1. The minimum atomic E-state index is -1.07. The molecule has 5 nitrogen and oxygen atoms in total. The van der Waals surface area contributed by atoms with E-state index in [1.54, 1.807) is 6.07 Å². The van der Waals surface area contributed by atoms with E-state index in [4.69, 9.17) is 30.9 Å². The third-order valence-corrected chi connectivity index (χ3v) is 3.33. The van der Waals surface area contributed by atoms with Crippen LogP contribution in [0.1, 0.15) is 15.9 Å². The van der Waals surface area contributed by atoms with Crippen LogP contribution in [0.15, 0.2) is 36.4 Å². The highest BCUT2D eigenvalue weighted by molar-refractivity contribution is 6.33. The molecule has 0 aromatic heterocycles. The van der Waals surface area contributed by atoms with Crippen LogP contribution in [0.3, 0.4) is 0 Å². The van der Waals surface area contributed by atoms with Gasteiger partial charge in [-0.25, -0.2) is 4.79 Å². The molecule has 3 rings (SSSR count). The van der Waals surface area contributed by atoms with Crippen molar-refractivity contribution in [3.05, 3.63) is 52.5 Å². The maximum absolute atomic E-state index is 10.9. The number of carboxylic acid groups (broad SMARTS) is 1. The maximum Gasteiger partial charge on any atom is 0.337 e. The van der Waals surface area contributed by atoms with E-state index >= 15 is 0 Å². The summed E-state index contributed by atoms with van der Waals surface area (Å²) in [6, 6.07) is 10.0. The molecule has 0 aliphatic carbocycles. The summed E-state index contributed by atoms with van der Waals surface area (Å²) in [7, 11) is 0. The normalized spacial score (nSPS) is 12.2. The fraction of sp³-hybridized carbons (Fsp3) is 0.133. The van der Waals surface area contributed by atoms with Gasteiger partial charge in [0.15, 0.2) is 11.5 Å². The van der Waals surface area contributed by atoms with E-state index in [1.165, 1.54) is 12.1 Å². The predicted octanol–water partition coefficient (Wildman–Crippen LogP) is 3.35. The summed E-state index contributed by atoms with van der Waals surface area (Å²) in [5.74, 6) is 0.841. The first-order valence-electron chi connectivity index (χ1n) is 6.17. The van der Waals surface area contributed by atoms with Crippen molar-refractivity contribution < 1.29 is 24.1 Å². The van der Waals surface area contributed by atoms with Crippen molar-refractivity contribution in [2.75, 3.05) is 6.79 Å². The zero-order valence-corrected chi connectivity index (χ0v) is 11.6. The third kappa shape index (κ3) is 2.87. The van der Waals surface area contributed by atoms with E-state index in [2.05, 4.69) is 0 Å². The van der Waals surface area contributed by atoms with Crippen LogP contribution in [0, 0.1) is 0 Å². The highest BCUT2D eigenvalue weighted by Gasteiger charge is 2.13. The van der Waals surface area contributed by atoms with Gasteiger partial charge in [-0.2, -0.15) is 0 Å². The topological polar surface area (TPSA) is 65.0 Å². The van der Waals surface area contributed by atoms with E-state index in [1.807, 2.05) is 18.2 Å². The molecular formula is C15H11ClO5. The van der Waals surface area contributed by atoms with Crippen molar-refractivity contribution >= 4 is 17.6 Å². The molecule has 6 heteroatoms. The van der Waals surface area contributed by atoms with Crippen LogP contribution in [0.4, 0.5) is 0 Å². The number of carboxylic acids is 1. The zero-order chi connectivity index (χ0) is 14.8. The van der Waals surface area contributed by atoms with Gasteiger partial charge in [0.2, 0.25) is 6.79 Å². The molecule has 21 heavy (non-hydrogen) atoms. The van der Waals surface area contributed by atoms with Crippen LogP contribution in [-0.4, -0.2) is 17.9 Å². The van der Waals surface area contributed by atoms with Crippen LogP contribution in [0.25, 0.3) is 0 Å². The second-order valence-corrected chi connectivity index (χ2v) is 4.83. The number of fused-ring (bicyclic) bond motifs is 1. The van der Waals surface area contributed by atoms with E-state index in [9.17, 15) is 4.79 Å². The standard InChI is InChI=1S/C15H11ClO5/c16-12-6-10(2-3-11(12)15(17)18)19-7-9-1-4-13-14(5-9)21-8-20-13/h1-6H,7-8H2,(H,17,18). The summed E-state index contributed by atoms with van der Waals surface area (Å²) >= 11 is 5.89. The van der Waals surface area contributed by atoms with Crippen LogP contribution in [0.5, 0.6) is 17.2 Å². The van der Waals surface area contributed by atoms with Gasteiger partial charge in [-0.15, -0.1) is 0 Å². The lowest BCUT2D eigenvalue weighted by atomic mass is 10.2. The number of halogens is 1. The Hall–Kier alpha value is -2.40. The smallest absolute Gasteiger partial charge is 0.337 e. The number of carbonyl (C=O) groups is 1. The molecule has 0 radical (unpaired) electrons. The molecule has 1 N–H and O–H groups in total. The molecule has 0 fully saturated rings. The molecule has 0 saturated heterocycles. The summed E-state index contributed by atoms with van der Waals surface area (Å²) in [6.45, 7) is 0.547. The van der Waals surface area contributed by atoms with Gasteiger partial charge in [0.25, 0.3) is 0 Å². The first-order valence-corrected chi connectivity index (χ1v) is 6.55. The fourth-order valence-electron chi connectivity index (χ4n) is 1.96. The van der Waals surface area contributed by atoms with E-state index in [0.29, 0.717) is 23.9 Å². The van der Waals surface area contributed by atoms with Crippen molar-refractivity contribution in [3.8, 4) is 17.2 Å². The van der Waals surface area contributed by atoms with Crippen LogP contribution < -0.4 is 14.2 Å².